The van der Waals surface area contributed by atoms with Gasteiger partial charge in [-0.25, -0.2) is 9.97 Å². The molecule has 1 fully saturated rings. The average molecular weight is 433 g/mol. The van der Waals surface area contributed by atoms with E-state index in [1.807, 2.05) is 0 Å². The number of amides is 2. The number of aryl methyl sites for hydroxylation is 1. The van der Waals surface area contributed by atoms with Crippen LogP contribution in [0.3, 0.4) is 0 Å². The number of nitrogens with zero attached hydrogens (tertiary/aromatic N) is 5. The monoisotopic (exact) mass is 433 g/mol. The lowest BCUT2D eigenvalue weighted by Crippen LogP contribution is -2.60. The minimum absolute atomic E-state index is 0.142. The summed E-state index contributed by atoms with van der Waals surface area (Å²) >= 11 is 0. The van der Waals surface area contributed by atoms with E-state index in [0.29, 0.717) is 30.7 Å². The largest absolute Gasteiger partial charge is 0.419 e. The zero-order chi connectivity index (χ0) is 22.2. The fraction of sp³-hybridized carbons (Fsp3) is 0.316. The number of benzene rings is 1. The number of hydrogen-bond donors (Lipinski definition) is 2. The standard InChI is InChI=1S/C19H18F3N7O2/c20-19(21,22)12-6-24-18(25-7-12)28-9-13(10-28)26-15(30)4-5-29-8-11-2-1-3-14(17(23)31)16(11)27-29/h1-3,6-8,13H,4-5,9-10H2,(H2,23,31)(H,26,30). The summed E-state index contributed by atoms with van der Waals surface area (Å²) in [6.45, 7) is 1.13. The van der Waals surface area contributed by atoms with Crippen LogP contribution in [-0.4, -0.2) is 50.7 Å². The summed E-state index contributed by atoms with van der Waals surface area (Å²) in [5, 5.41) is 7.93. The second-order valence-corrected chi connectivity index (χ2v) is 7.19. The van der Waals surface area contributed by atoms with Gasteiger partial charge in [-0.1, -0.05) is 12.1 Å². The molecule has 9 nitrogen and oxygen atoms in total. The molecule has 12 heteroatoms. The van der Waals surface area contributed by atoms with Crippen LogP contribution >= 0.6 is 0 Å². The summed E-state index contributed by atoms with van der Waals surface area (Å²) in [6, 6.07) is 4.97. The van der Waals surface area contributed by atoms with Gasteiger partial charge < -0.3 is 16.0 Å². The van der Waals surface area contributed by atoms with Gasteiger partial charge in [-0.05, 0) is 6.07 Å². The van der Waals surface area contributed by atoms with E-state index in [1.54, 1.807) is 34.0 Å². The molecule has 2 aromatic heterocycles. The van der Waals surface area contributed by atoms with Gasteiger partial charge in [-0.2, -0.15) is 18.3 Å². The molecule has 3 aromatic rings. The van der Waals surface area contributed by atoms with Crippen molar-refractivity contribution >= 4 is 28.7 Å². The number of anilines is 1. The Kier molecular flexibility index (Phi) is 5.21. The van der Waals surface area contributed by atoms with Gasteiger partial charge in [0.05, 0.1) is 17.2 Å². The first kappa shape index (κ1) is 20.6. The molecule has 162 valence electrons. The minimum Gasteiger partial charge on any atom is -0.366 e. The maximum atomic E-state index is 12.6. The summed E-state index contributed by atoms with van der Waals surface area (Å²) in [5.74, 6) is -0.570. The number of hydrogen-bond acceptors (Lipinski definition) is 6. The van der Waals surface area contributed by atoms with E-state index in [2.05, 4.69) is 20.4 Å². The third-order valence-corrected chi connectivity index (χ3v) is 4.91. The van der Waals surface area contributed by atoms with Gasteiger partial charge in [0.1, 0.15) is 5.52 Å². The number of carbonyl (C=O) groups is 2. The van der Waals surface area contributed by atoms with E-state index in [4.69, 9.17) is 5.73 Å². The number of halogens is 3. The van der Waals surface area contributed by atoms with E-state index in [1.165, 1.54) is 0 Å². The summed E-state index contributed by atoms with van der Waals surface area (Å²) in [6.07, 6.45) is -1.08. The van der Waals surface area contributed by atoms with Crippen molar-refractivity contribution in [1.82, 2.24) is 25.1 Å². The molecule has 1 aliphatic rings. The van der Waals surface area contributed by atoms with E-state index < -0.39 is 17.6 Å². The van der Waals surface area contributed by atoms with E-state index >= 15 is 0 Å². The van der Waals surface area contributed by atoms with E-state index in [-0.39, 0.29) is 24.3 Å². The van der Waals surface area contributed by atoms with Gasteiger partial charge in [0, 0.05) is 50.0 Å². The van der Waals surface area contributed by atoms with Crippen LogP contribution in [-0.2, 0) is 17.5 Å². The molecule has 3 heterocycles. The molecular formula is C19H18F3N7O2. The Balaban J connectivity index is 1.27. The second-order valence-electron chi connectivity index (χ2n) is 7.19. The molecule has 0 unspecified atom stereocenters. The van der Waals surface area contributed by atoms with Crippen molar-refractivity contribution in [2.75, 3.05) is 18.0 Å². The Morgan fingerprint density at radius 3 is 2.55 bits per heavy atom. The second kappa shape index (κ2) is 7.85. The normalized spacial score (nSPS) is 14.5. The first-order chi connectivity index (χ1) is 14.7. The van der Waals surface area contributed by atoms with Crippen LogP contribution in [0.5, 0.6) is 0 Å². The molecule has 2 amide bonds. The first-order valence-electron chi connectivity index (χ1n) is 9.40. The highest BCUT2D eigenvalue weighted by molar-refractivity contribution is 6.04. The fourth-order valence-electron chi connectivity index (χ4n) is 3.29. The lowest BCUT2D eigenvalue weighted by atomic mass is 10.1. The Labute approximate surface area is 174 Å². The Morgan fingerprint density at radius 2 is 1.90 bits per heavy atom. The number of nitrogens with two attached hydrogens (primary N) is 1. The quantitative estimate of drug-likeness (QED) is 0.606. The summed E-state index contributed by atoms with van der Waals surface area (Å²) < 4.78 is 39.3. The topological polar surface area (TPSA) is 119 Å². The molecule has 31 heavy (non-hydrogen) atoms. The van der Waals surface area contributed by atoms with Gasteiger partial charge in [0.25, 0.3) is 5.91 Å². The maximum absolute atomic E-state index is 12.6. The highest BCUT2D eigenvalue weighted by Gasteiger charge is 2.33. The summed E-state index contributed by atoms with van der Waals surface area (Å²) in [7, 11) is 0. The van der Waals surface area contributed by atoms with Crippen LogP contribution in [0.4, 0.5) is 19.1 Å². The smallest absolute Gasteiger partial charge is 0.366 e. The first-order valence-corrected chi connectivity index (χ1v) is 9.40. The number of aromatic nitrogens is 4. The molecule has 0 atom stereocenters. The summed E-state index contributed by atoms with van der Waals surface area (Å²) in [4.78, 5) is 32.8. The highest BCUT2D eigenvalue weighted by atomic mass is 19.4. The Morgan fingerprint density at radius 1 is 1.19 bits per heavy atom. The molecule has 0 bridgehead atoms. The van der Waals surface area contributed by atoms with Crippen LogP contribution in [0.2, 0.25) is 0 Å². The number of alkyl halides is 3. The van der Waals surface area contributed by atoms with Crippen LogP contribution < -0.4 is 16.0 Å². The Hall–Kier alpha value is -3.70. The SMILES string of the molecule is NC(=O)c1cccc2cn(CCC(=O)NC3CN(c4ncc(C(F)(F)F)cn4)C3)nc12. The maximum Gasteiger partial charge on any atom is 0.419 e. The molecule has 3 N–H and O–H groups in total. The molecule has 1 aliphatic heterocycles. The third kappa shape index (κ3) is 4.42. The van der Waals surface area contributed by atoms with Crippen molar-refractivity contribution in [2.45, 2.75) is 25.2 Å². The van der Waals surface area contributed by atoms with Crippen LogP contribution in [0.25, 0.3) is 10.9 Å². The molecule has 0 aliphatic carbocycles. The van der Waals surface area contributed by atoms with Gasteiger partial charge >= 0.3 is 6.18 Å². The van der Waals surface area contributed by atoms with Crippen molar-refractivity contribution in [3.8, 4) is 0 Å². The third-order valence-electron chi connectivity index (χ3n) is 4.91. The predicted molar refractivity (Wildman–Crippen MR) is 104 cm³/mol. The van der Waals surface area contributed by atoms with Crippen molar-refractivity contribution in [1.29, 1.82) is 0 Å². The number of primary amides is 1. The van der Waals surface area contributed by atoms with Crippen molar-refractivity contribution < 1.29 is 22.8 Å². The van der Waals surface area contributed by atoms with Gasteiger partial charge in [0.15, 0.2) is 0 Å². The van der Waals surface area contributed by atoms with Gasteiger partial charge in [0.2, 0.25) is 11.9 Å². The van der Waals surface area contributed by atoms with E-state index in [9.17, 15) is 22.8 Å². The molecular weight excluding hydrogens is 415 g/mol. The van der Waals surface area contributed by atoms with Crippen LogP contribution in [0.15, 0.2) is 36.8 Å². The van der Waals surface area contributed by atoms with E-state index in [0.717, 1.165) is 17.8 Å². The molecule has 0 saturated carbocycles. The van der Waals surface area contributed by atoms with Gasteiger partial charge in [-0.15, -0.1) is 0 Å². The predicted octanol–water partition coefficient (Wildman–Crippen LogP) is 1.34. The average Bonchev–Trinajstić information content (AvgIpc) is 3.11. The number of carbonyl (C=O) groups excluding carboxylic acids is 2. The van der Waals surface area contributed by atoms with Crippen LogP contribution in [0.1, 0.15) is 22.3 Å². The zero-order valence-electron chi connectivity index (χ0n) is 16.1. The van der Waals surface area contributed by atoms with Crippen LogP contribution in [0, 0.1) is 0 Å². The fourth-order valence-corrected chi connectivity index (χ4v) is 3.29. The molecule has 0 spiro atoms. The number of rotatable bonds is 6. The zero-order valence-corrected chi connectivity index (χ0v) is 16.1. The number of fused-ring (bicyclic) bond motifs is 1. The number of nitrogens with one attached hydrogen (secondary N) is 1. The minimum atomic E-state index is -4.48. The molecule has 1 aromatic carbocycles. The highest BCUT2D eigenvalue weighted by Crippen LogP contribution is 2.28. The van der Waals surface area contributed by atoms with Gasteiger partial charge in [-0.3, -0.25) is 14.3 Å². The lowest BCUT2D eigenvalue weighted by Gasteiger charge is -2.39. The molecule has 0 radical (unpaired) electrons. The van der Waals surface area contributed by atoms with Crippen molar-refractivity contribution in [3.05, 3.63) is 47.9 Å². The summed E-state index contributed by atoms with van der Waals surface area (Å²) in [5.41, 5.74) is 5.25. The van der Waals surface area contributed by atoms with Crippen molar-refractivity contribution in [2.24, 2.45) is 5.73 Å². The lowest BCUT2D eigenvalue weighted by molar-refractivity contribution is -0.138. The molecule has 1 saturated heterocycles. The molecule has 4 rings (SSSR count). The Bertz CT molecular complexity index is 1120. The van der Waals surface area contributed by atoms with Crippen molar-refractivity contribution in [3.63, 3.8) is 0 Å².